The molecule has 0 aliphatic carbocycles. The smallest absolute Gasteiger partial charge is 0.255 e. The van der Waals surface area contributed by atoms with Gasteiger partial charge in [-0.05, 0) is 61.2 Å². The molecule has 8 nitrogen and oxygen atoms in total. The molecule has 0 spiro atoms. The van der Waals surface area contributed by atoms with Gasteiger partial charge in [-0.2, -0.15) is 0 Å². The van der Waals surface area contributed by atoms with Gasteiger partial charge in [0.15, 0.2) is 0 Å². The summed E-state index contributed by atoms with van der Waals surface area (Å²) < 4.78 is 11.1. The minimum atomic E-state index is -0.322. The monoisotopic (exact) mass is 501 g/mol. The molecule has 9 heteroatoms. The van der Waals surface area contributed by atoms with Crippen LogP contribution in [0.25, 0.3) is 0 Å². The molecule has 2 N–H and O–H groups in total. The topological polar surface area (TPSA) is 97.0 Å². The molecule has 2 aromatic carbocycles. The molecule has 188 valence electrons. The predicted molar refractivity (Wildman–Crippen MR) is 134 cm³/mol. The van der Waals surface area contributed by atoms with Gasteiger partial charge in [0.25, 0.3) is 11.8 Å². The van der Waals surface area contributed by atoms with Crippen molar-refractivity contribution >= 4 is 29.3 Å². The van der Waals surface area contributed by atoms with Crippen molar-refractivity contribution in [1.29, 1.82) is 0 Å². The average molecular weight is 502 g/mol. The molecular weight excluding hydrogens is 470 g/mol. The van der Waals surface area contributed by atoms with Crippen molar-refractivity contribution in [2.45, 2.75) is 32.7 Å². The Hall–Kier alpha value is -3.26. The van der Waals surface area contributed by atoms with Gasteiger partial charge in [-0.15, -0.1) is 0 Å². The van der Waals surface area contributed by atoms with Gasteiger partial charge in [-0.1, -0.05) is 25.4 Å². The normalized spacial score (nSPS) is 17.9. The van der Waals surface area contributed by atoms with E-state index in [4.69, 9.17) is 21.1 Å². The summed E-state index contributed by atoms with van der Waals surface area (Å²) in [6.45, 7) is 4.82. The van der Waals surface area contributed by atoms with Gasteiger partial charge in [-0.3, -0.25) is 14.4 Å². The Kier molecular flexibility index (Phi) is 9.37. The first-order chi connectivity index (χ1) is 16.8. The van der Waals surface area contributed by atoms with E-state index in [1.807, 2.05) is 13.8 Å². The first-order valence-electron chi connectivity index (χ1n) is 11.7. The second kappa shape index (κ2) is 12.4. The van der Waals surface area contributed by atoms with Gasteiger partial charge < -0.3 is 25.0 Å². The molecule has 0 aromatic heterocycles. The maximum absolute atomic E-state index is 13.2. The molecule has 0 fully saturated rings. The summed E-state index contributed by atoms with van der Waals surface area (Å²) in [5.74, 6) is 0.316. The summed E-state index contributed by atoms with van der Waals surface area (Å²) in [4.78, 5) is 40.5. The van der Waals surface area contributed by atoms with Gasteiger partial charge >= 0.3 is 0 Å². The molecule has 0 bridgehead atoms. The summed E-state index contributed by atoms with van der Waals surface area (Å²) in [6.07, 6.45) is 1.24. The van der Waals surface area contributed by atoms with E-state index in [1.165, 1.54) is 4.90 Å². The minimum Gasteiger partial charge on any atom is -0.497 e. The Bertz CT molecular complexity index is 1040. The fraction of sp³-hybridized carbons (Fsp3) is 0.423. The Balaban J connectivity index is 1.81. The number of halogens is 1. The van der Waals surface area contributed by atoms with Gasteiger partial charge in [0, 0.05) is 23.7 Å². The van der Waals surface area contributed by atoms with E-state index in [0.717, 1.165) is 0 Å². The zero-order chi connectivity index (χ0) is 25.4. The van der Waals surface area contributed by atoms with Crippen LogP contribution >= 0.6 is 11.6 Å². The average Bonchev–Trinajstić information content (AvgIpc) is 2.85. The maximum Gasteiger partial charge on any atom is 0.255 e. The lowest BCUT2D eigenvalue weighted by atomic mass is 10.1. The number of amides is 3. The highest BCUT2D eigenvalue weighted by Gasteiger charge is 2.24. The molecule has 0 saturated heterocycles. The number of rotatable bonds is 3. The number of carbonyl (C=O) groups excluding carboxylic acids is 3. The fourth-order valence-corrected chi connectivity index (χ4v) is 3.88. The SMILES string of the molecule is COc1ccc(C(=O)N2CCCCNC(=O)c3cc(Cl)ccc3OC[C@H](C(C)C)NC(=O)C2)cc1. The number of hydrogen-bond donors (Lipinski definition) is 2. The van der Waals surface area contributed by atoms with E-state index in [9.17, 15) is 14.4 Å². The Morgan fingerprint density at radius 2 is 1.89 bits per heavy atom. The third-order valence-electron chi connectivity index (χ3n) is 5.85. The van der Waals surface area contributed by atoms with E-state index in [1.54, 1.807) is 49.6 Å². The molecule has 3 rings (SSSR count). The van der Waals surface area contributed by atoms with Crippen molar-refractivity contribution in [3.8, 4) is 11.5 Å². The van der Waals surface area contributed by atoms with Crippen molar-refractivity contribution in [2.75, 3.05) is 33.4 Å². The molecule has 1 aliphatic rings. The van der Waals surface area contributed by atoms with Crippen molar-refractivity contribution in [3.05, 3.63) is 58.6 Å². The molecule has 1 atom stereocenters. The lowest BCUT2D eigenvalue weighted by Crippen LogP contribution is -2.48. The highest BCUT2D eigenvalue weighted by atomic mass is 35.5. The maximum atomic E-state index is 13.2. The molecule has 2 aromatic rings. The van der Waals surface area contributed by atoms with E-state index in [-0.39, 0.29) is 42.8 Å². The van der Waals surface area contributed by atoms with E-state index in [0.29, 0.717) is 53.6 Å². The molecule has 0 radical (unpaired) electrons. The second-order valence-electron chi connectivity index (χ2n) is 8.79. The zero-order valence-electron chi connectivity index (χ0n) is 20.3. The summed E-state index contributed by atoms with van der Waals surface area (Å²) in [5.41, 5.74) is 0.818. The molecule has 1 aliphatic heterocycles. The largest absolute Gasteiger partial charge is 0.497 e. The Labute approximate surface area is 210 Å². The molecule has 35 heavy (non-hydrogen) atoms. The van der Waals surface area contributed by atoms with E-state index in [2.05, 4.69) is 10.6 Å². The molecular formula is C26H32ClN3O5. The third kappa shape index (κ3) is 7.36. The van der Waals surface area contributed by atoms with E-state index < -0.39 is 0 Å². The van der Waals surface area contributed by atoms with Crippen LogP contribution in [0.5, 0.6) is 11.5 Å². The summed E-state index contributed by atoms with van der Waals surface area (Å²) in [5, 5.41) is 6.31. The van der Waals surface area contributed by atoms with Gasteiger partial charge in [-0.25, -0.2) is 0 Å². The molecule has 0 saturated carbocycles. The molecule has 3 amide bonds. The lowest BCUT2D eigenvalue weighted by molar-refractivity contribution is -0.123. The van der Waals surface area contributed by atoms with Crippen LogP contribution in [0, 0.1) is 5.92 Å². The first kappa shape index (κ1) is 26.3. The number of nitrogens with one attached hydrogen (secondary N) is 2. The van der Waals surface area contributed by atoms with Crippen LogP contribution in [0.4, 0.5) is 0 Å². The molecule has 1 heterocycles. The number of carbonyl (C=O) groups is 3. The van der Waals surface area contributed by atoms with Crippen molar-refractivity contribution in [1.82, 2.24) is 15.5 Å². The standard InChI is InChI=1S/C26H32ClN3O5/c1-17(2)22-16-35-23-11-8-19(27)14-21(23)25(32)28-12-4-5-13-30(15-24(31)29-22)26(33)18-6-9-20(34-3)10-7-18/h6-11,14,17,22H,4-5,12-13,15-16H2,1-3H3,(H,28,32)(H,29,31)/t22-/m1/s1. The molecule has 0 unspecified atom stereocenters. The van der Waals surface area contributed by atoms with Crippen LogP contribution in [-0.2, 0) is 4.79 Å². The number of nitrogens with zero attached hydrogens (tertiary/aromatic N) is 1. The number of benzene rings is 2. The van der Waals surface area contributed by atoms with Crippen LogP contribution in [0.3, 0.4) is 0 Å². The van der Waals surface area contributed by atoms with Gasteiger partial charge in [0.1, 0.15) is 18.1 Å². The quantitative estimate of drug-likeness (QED) is 0.670. The first-order valence-corrected chi connectivity index (χ1v) is 12.1. The fourth-order valence-electron chi connectivity index (χ4n) is 3.71. The van der Waals surface area contributed by atoms with Crippen LogP contribution in [-0.4, -0.2) is 62.0 Å². The number of hydrogen-bond acceptors (Lipinski definition) is 5. The summed E-state index contributed by atoms with van der Waals surface area (Å²) in [7, 11) is 1.56. The number of fused-ring (bicyclic) bond motifs is 1. The highest BCUT2D eigenvalue weighted by molar-refractivity contribution is 6.31. The summed E-state index contributed by atoms with van der Waals surface area (Å²) >= 11 is 6.11. The zero-order valence-corrected chi connectivity index (χ0v) is 21.1. The van der Waals surface area contributed by atoms with Crippen molar-refractivity contribution in [3.63, 3.8) is 0 Å². The van der Waals surface area contributed by atoms with Gasteiger partial charge in [0.05, 0.1) is 25.3 Å². The Morgan fingerprint density at radius 1 is 1.14 bits per heavy atom. The second-order valence-corrected chi connectivity index (χ2v) is 9.22. The minimum absolute atomic E-state index is 0.0601. The third-order valence-corrected chi connectivity index (χ3v) is 6.09. The van der Waals surface area contributed by atoms with Gasteiger partial charge in [0.2, 0.25) is 5.91 Å². The van der Waals surface area contributed by atoms with Crippen LogP contribution in [0.1, 0.15) is 47.4 Å². The predicted octanol–water partition coefficient (Wildman–Crippen LogP) is 3.53. The van der Waals surface area contributed by atoms with Crippen molar-refractivity contribution in [2.24, 2.45) is 5.92 Å². The van der Waals surface area contributed by atoms with Crippen molar-refractivity contribution < 1.29 is 23.9 Å². The number of ether oxygens (including phenoxy) is 2. The van der Waals surface area contributed by atoms with Crippen LogP contribution in [0.2, 0.25) is 5.02 Å². The number of methoxy groups -OCH3 is 1. The Morgan fingerprint density at radius 3 is 2.57 bits per heavy atom. The van der Waals surface area contributed by atoms with E-state index >= 15 is 0 Å². The van der Waals surface area contributed by atoms with Crippen LogP contribution in [0.15, 0.2) is 42.5 Å². The van der Waals surface area contributed by atoms with Crippen LogP contribution < -0.4 is 20.1 Å². The highest BCUT2D eigenvalue weighted by Crippen LogP contribution is 2.24. The summed E-state index contributed by atoms with van der Waals surface area (Å²) in [6, 6.07) is 11.4. The lowest BCUT2D eigenvalue weighted by Gasteiger charge is -2.26.